The number of pyridine rings is 1. The number of piperidine rings is 1. The SMILES string of the molecule is CN(C(=O)NCc1cccc(F)c1Cl)[C@H](COC(=O)Nc1cc2cc(F)ccc2cn1)CC(=O)NC1CCN(C(=O)OC(C)(C)C)CC1. The number of amides is 5. The van der Waals surface area contributed by atoms with Crippen LogP contribution in [0, 0.1) is 11.6 Å². The summed E-state index contributed by atoms with van der Waals surface area (Å²) < 4.78 is 38.4. The van der Waals surface area contributed by atoms with E-state index in [0.29, 0.717) is 42.3 Å². The van der Waals surface area contributed by atoms with Gasteiger partial charge in [0.1, 0.15) is 29.7 Å². The van der Waals surface area contributed by atoms with Crippen molar-refractivity contribution in [1.82, 2.24) is 25.4 Å². The Labute approximate surface area is 282 Å². The van der Waals surface area contributed by atoms with E-state index in [1.54, 1.807) is 37.8 Å². The fourth-order valence-electron chi connectivity index (χ4n) is 4.98. The lowest BCUT2D eigenvalue weighted by atomic mass is 10.0. The van der Waals surface area contributed by atoms with Gasteiger partial charge in [0.25, 0.3) is 0 Å². The van der Waals surface area contributed by atoms with E-state index >= 15 is 0 Å². The molecular formula is C33H39ClF2N6O6. The van der Waals surface area contributed by atoms with Crippen molar-refractivity contribution in [2.75, 3.05) is 32.1 Å². The van der Waals surface area contributed by atoms with Gasteiger partial charge in [-0.25, -0.2) is 28.1 Å². The van der Waals surface area contributed by atoms with Crippen LogP contribution in [0.25, 0.3) is 10.8 Å². The standard InChI is InChI=1S/C33H39ClF2N6O6/c1-33(2,3)48-32(46)42-12-10-24(11-13-42)39-28(43)16-25(41(4)30(44)38-18-21-6-5-7-26(36)29(21)34)19-47-31(45)40-27-15-22-14-23(35)9-8-20(22)17-37-27/h5-9,14-15,17,24-25H,10-13,16,18-19H2,1-4H3,(H,38,44)(H,39,43)(H,37,40,45)/t25-/m0/s1. The van der Waals surface area contributed by atoms with Crippen LogP contribution in [0.2, 0.25) is 5.02 Å². The summed E-state index contributed by atoms with van der Waals surface area (Å²) in [5, 5.41) is 9.11. The molecule has 0 bridgehead atoms. The van der Waals surface area contributed by atoms with Gasteiger partial charge in [0.05, 0.1) is 17.5 Å². The van der Waals surface area contributed by atoms with Crippen LogP contribution in [-0.2, 0) is 20.8 Å². The predicted molar refractivity (Wildman–Crippen MR) is 175 cm³/mol. The molecule has 15 heteroatoms. The molecule has 12 nitrogen and oxygen atoms in total. The number of anilines is 1. The molecule has 1 saturated heterocycles. The Kier molecular flexibility index (Phi) is 12.0. The van der Waals surface area contributed by atoms with Crippen molar-refractivity contribution in [2.45, 2.75) is 64.3 Å². The number of carbonyl (C=O) groups is 4. The monoisotopic (exact) mass is 688 g/mol. The molecule has 1 aromatic heterocycles. The number of hydrogen-bond donors (Lipinski definition) is 3. The summed E-state index contributed by atoms with van der Waals surface area (Å²) >= 11 is 6.02. The molecular weight excluding hydrogens is 650 g/mol. The number of fused-ring (bicyclic) bond motifs is 1. The lowest BCUT2D eigenvalue weighted by Gasteiger charge is -2.34. The molecule has 2 heterocycles. The number of likely N-dealkylation sites (tertiary alicyclic amines) is 1. The number of urea groups is 1. The summed E-state index contributed by atoms with van der Waals surface area (Å²) in [6.45, 7) is 5.70. The van der Waals surface area contributed by atoms with Crippen molar-refractivity contribution in [2.24, 2.45) is 0 Å². The lowest BCUT2D eigenvalue weighted by Crippen LogP contribution is -2.50. The van der Waals surface area contributed by atoms with Gasteiger partial charge in [-0.1, -0.05) is 23.7 Å². The van der Waals surface area contributed by atoms with Crippen molar-refractivity contribution in [3.05, 3.63) is 70.9 Å². The van der Waals surface area contributed by atoms with Crippen molar-refractivity contribution in [3.63, 3.8) is 0 Å². The lowest BCUT2D eigenvalue weighted by molar-refractivity contribution is -0.123. The first-order chi connectivity index (χ1) is 22.7. The van der Waals surface area contributed by atoms with Gasteiger partial charge < -0.3 is 29.9 Å². The van der Waals surface area contributed by atoms with Crippen molar-refractivity contribution in [1.29, 1.82) is 0 Å². The van der Waals surface area contributed by atoms with Gasteiger partial charge in [0, 0.05) is 44.3 Å². The molecule has 1 atom stereocenters. The van der Waals surface area contributed by atoms with Gasteiger partial charge in [-0.05, 0) is 74.9 Å². The van der Waals surface area contributed by atoms with E-state index in [0.717, 1.165) is 0 Å². The Balaban J connectivity index is 1.37. The number of carbonyl (C=O) groups excluding carboxylic acids is 4. The minimum absolute atomic E-state index is 0.0928. The van der Waals surface area contributed by atoms with Crippen LogP contribution in [0.1, 0.15) is 45.6 Å². The van der Waals surface area contributed by atoms with Crippen LogP contribution in [0.4, 0.5) is 29.0 Å². The maximum absolute atomic E-state index is 13.9. The van der Waals surface area contributed by atoms with Crippen LogP contribution >= 0.6 is 11.6 Å². The highest BCUT2D eigenvalue weighted by atomic mass is 35.5. The smallest absolute Gasteiger partial charge is 0.412 e. The molecule has 3 aromatic rings. The van der Waals surface area contributed by atoms with Crippen molar-refractivity contribution < 1.29 is 37.4 Å². The average molecular weight is 689 g/mol. The Morgan fingerprint density at radius 1 is 1.08 bits per heavy atom. The Morgan fingerprint density at radius 2 is 1.81 bits per heavy atom. The van der Waals surface area contributed by atoms with E-state index in [-0.39, 0.29) is 36.5 Å². The quantitative estimate of drug-likeness (QED) is 0.257. The summed E-state index contributed by atoms with van der Waals surface area (Å²) in [6, 6.07) is 8.10. The van der Waals surface area contributed by atoms with E-state index in [4.69, 9.17) is 21.1 Å². The topological polar surface area (TPSA) is 142 Å². The molecule has 0 spiro atoms. The molecule has 3 N–H and O–H groups in total. The molecule has 4 rings (SSSR count). The number of likely N-dealkylation sites (N-methyl/N-ethyl adjacent to an activating group) is 1. The average Bonchev–Trinajstić information content (AvgIpc) is 3.02. The van der Waals surface area contributed by atoms with Crippen molar-refractivity contribution >= 4 is 52.3 Å². The van der Waals surface area contributed by atoms with Gasteiger partial charge in [-0.3, -0.25) is 10.1 Å². The van der Waals surface area contributed by atoms with Crippen molar-refractivity contribution in [3.8, 4) is 0 Å². The Bertz CT molecular complexity index is 1650. The predicted octanol–water partition coefficient (Wildman–Crippen LogP) is 5.83. The molecule has 0 aliphatic carbocycles. The number of rotatable bonds is 9. The van der Waals surface area contributed by atoms with Gasteiger partial charge in [-0.2, -0.15) is 0 Å². The molecule has 0 unspecified atom stereocenters. The Morgan fingerprint density at radius 3 is 2.52 bits per heavy atom. The molecule has 0 radical (unpaired) electrons. The highest BCUT2D eigenvalue weighted by molar-refractivity contribution is 6.31. The number of hydrogen-bond acceptors (Lipinski definition) is 7. The van der Waals surface area contributed by atoms with Gasteiger partial charge in [-0.15, -0.1) is 0 Å². The zero-order valence-corrected chi connectivity index (χ0v) is 27.9. The van der Waals surface area contributed by atoms with E-state index in [1.165, 1.54) is 48.5 Å². The molecule has 1 fully saturated rings. The maximum Gasteiger partial charge on any atom is 0.412 e. The maximum atomic E-state index is 13.9. The third kappa shape index (κ3) is 10.4. The summed E-state index contributed by atoms with van der Waals surface area (Å²) in [4.78, 5) is 58.3. The number of nitrogens with one attached hydrogen (secondary N) is 3. The summed E-state index contributed by atoms with van der Waals surface area (Å²) in [5.41, 5.74) is -0.271. The highest BCUT2D eigenvalue weighted by Gasteiger charge is 2.30. The first kappa shape index (κ1) is 36.1. The molecule has 258 valence electrons. The number of halogens is 3. The molecule has 1 aliphatic heterocycles. The van der Waals surface area contributed by atoms with E-state index in [2.05, 4.69) is 20.9 Å². The van der Waals surface area contributed by atoms with Gasteiger partial charge in [0.2, 0.25) is 5.91 Å². The first-order valence-electron chi connectivity index (χ1n) is 15.4. The van der Waals surface area contributed by atoms with Crippen LogP contribution in [-0.4, -0.2) is 83.3 Å². The summed E-state index contributed by atoms with van der Waals surface area (Å²) in [6.07, 6.45) is 0.930. The van der Waals surface area contributed by atoms with Crippen LogP contribution in [0.5, 0.6) is 0 Å². The zero-order valence-electron chi connectivity index (χ0n) is 27.1. The number of benzene rings is 2. The van der Waals surface area contributed by atoms with Gasteiger partial charge >= 0.3 is 18.2 Å². The zero-order chi connectivity index (χ0) is 35.0. The van der Waals surface area contributed by atoms with E-state index < -0.39 is 47.4 Å². The number of nitrogens with zero attached hydrogens (tertiary/aromatic N) is 3. The van der Waals surface area contributed by atoms with Crippen LogP contribution in [0.3, 0.4) is 0 Å². The van der Waals surface area contributed by atoms with E-state index in [1.807, 2.05) is 0 Å². The fourth-order valence-corrected chi connectivity index (χ4v) is 5.17. The number of aromatic nitrogens is 1. The normalized spacial score (nSPS) is 14.2. The molecule has 48 heavy (non-hydrogen) atoms. The second kappa shape index (κ2) is 15.9. The molecule has 2 aromatic carbocycles. The summed E-state index contributed by atoms with van der Waals surface area (Å²) in [7, 11) is 1.43. The largest absolute Gasteiger partial charge is 0.447 e. The van der Waals surface area contributed by atoms with Crippen LogP contribution in [0.15, 0.2) is 48.7 Å². The third-order valence-electron chi connectivity index (χ3n) is 7.58. The fraction of sp³-hybridized carbons (Fsp3) is 0.424. The Hall–Kier alpha value is -4.72. The van der Waals surface area contributed by atoms with Crippen LogP contribution < -0.4 is 16.0 Å². The minimum atomic E-state index is -0.917. The number of ether oxygens (including phenoxy) is 2. The van der Waals surface area contributed by atoms with E-state index in [9.17, 15) is 28.0 Å². The minimum Gasteiger partial charge on any atom is -0.447 e. The second-order valence-corrected chi connectivity index (χ2v) is 12.8. The summed E-state index contributed by atoms with van der Waals surface area (Å²) in [5.74, 6) is -1.36. The molecule has 0 saturated carbocycles. The highest BCUT2D eigenvalue weighted by Crippen LogP contribution is 2.21. The molecule has 1 aliphatic rings. The second-order valence-electron chi connectivity index (χ2n) is 12.4. The first-order valence-corrected chi connectivity index (χ1v) is 15.8. The van der Waals surface area contributed by atoms with Gasteiger partial charge in [0.15, 0.2) is 0 Å². The third-order valence-corrected chi connectivity index (χ3v) is 8.01. The molecule has 5 amide bonds.